The van der Waals surface area contributed by atoms with E-state index in [1.165, 1.54) is 18.2 Å². The summed E-state index contributed by atoms with van der Waals surface area (Å²) in [6.07, 6.45) is 3.63. The summed E-state index contributed by atoms with van der Waals surface area (Å²) in [6, 6.07) is 20.2. The maximum Gasteiger partial charge on any atom is 0.337 e. The van der Waals surface area contributed by atoms with Crippen LogP contribution in [-0.2, 0) is 24.1 Å². The number of nitrogens with zero attached hydrogens (tertiary/aromatic N) is 3. The molecular formula is C28H27N3O3. The second kappa shape index (κ2) is 10.2. The van der Waals surface area contributed by atoms with Crippen molar-refractivity contribution in [1.29, 1.82) is 5.26 Å². The van der Waals surface area contributed by atoms with Gasteiger partial charge in [-0.2, -0.15) is 5.26 Å². The number of hydrogen-bond donors (Lipinski definition) is 0. The molecule has 6 nitrogen and oxygen atoms in total. The lowest BCUT2D eigenvalue weighted by Gasteiger charge is -2.14. The van der Waals surface area contributed by atoms with Gasteiger partial charge in [0.05, 0.1) is 43.5 Å². The highest BCUT2D eigenvalue weighted by Gasteiger charge is 2.23. The third kappa shape index (κ3) is 4.51. The molecule has 4 aromatic rings. The molecule has 0 saturated heterocycles. The van der Waals surface area contributed by atoms with E-state index >= 15 is 0 Å². The molecule has 2 aromatic heterocycles. The fourth-order valence-electron chi connectivity index (χ4n) is 4.38. The van der Waals surface area contributed by atoms with Crippen molar-refractivity contribution in [2.75, 3.05) is 14.2 Å². The smallest absolute Gasteiger partial charge is 0.337 e. The highest BCUT2D eigenvalue weighted by atomic mass is 16.5. The van der Waals surface area contributed by atoms with Crippen molar-refractivity contribution >= 4 is 16.9 Å². The molecule has 0 aliphatic carbocycles. The van der Waals surface area contributed by atoms with Crippen LogP contribution in [0.25, 0.3) is 22.2 Å². The van der Waals surface area contributed by atoms with Crippen molar-refractivity contribution in [3.05, 3.63) is 83.0 Å². The molecule has 0 aliphatic rings. The number of pyridine rings is 1. The second-order valence-electron chi connectivity index (χ2n) is 8.16. The molecule has 0 bridgehead atoms. The van der Waals surface area contributed by atoms with Crippen molar-refractivity contribution in [1.82, 2.24) is 9.55 Å². The van der Waals surface area contributed by atoms with Gasteiger partial charge in [0.15, 0.2) is 0 Å². The van der Waals surface area contributed by atoms with E-state index < -0.39 is 0 Å². The van der Waals surface area contributed by atoms with Gasteiger partial charge in [0.2, 0.25) is 5.88 Å². The Balaban J connectivity index is 1.95. The summed E-state index contributed by atoms with van der Waals surface area (Å²) in [4.78, 5) is 16.7. The molecule has 2 heterocycles. The lowest BCUT2D eigenvalue weighted by Crippen LogP contribution is -2.03. The number of aryl methyl sites for hydroxylation is 4. The molecular weight excluding hydrogens is 426 g/mol. The van der Waals surface area contributed by atoms with Gasteiger partial charge in [0.1, 0.15) is 0 Å². The Hall–Kier alpha value is -4.11. The van der Waals surface area contributed by atoms with Crippen LogP contribution >= 0.6 is 0 Å². The maximum atomic E-state index is 12.3. The number of benzene rings is 2. The van der Waals surface area contributed by atoms with Gasteiger partial charge in [-0.15, -0.1) is 0 Å². The molecule has 0 atom stereocenters. The summed E-state index contributed by atoms with van der Waals surface area (Å²) >= 11 is 0. The van der Waals surface area contributed by atoms with Crippen molar-refractivity contribution in [3.63, 3.8) is 0 Å². The fourth-order valence-corrected chi connectivity index (χ4v) is 4.38. The highest BCUT2D eigenvalue weighted by Crippen LogP contribution is 2.39. The number of ether oxygens (including phenoxy) is 2. The second-order valence-corrected chi connectivity index (χ2v) is 8.16. The van der Waals surface area contributed by atoms with Crippen LogP contribution in [0.15, 0.2) is 60.8 Å². The molecule has 0 aliphatic heterocycles. The van der Waals surface area contributed by atoms with Gasteiger partial charge < -0.3 is 14.0 Å². The molecule has 0 N–H and O–H groups in total. The van der Waals surface area contributed by atoms with Crippen LogP contribution in [-0.4, -0.2) is 29.7 Å². The van der Waals surface area contributed by atoms with Crippen molar-refractivity contribution in [3.8, 4) is 23.2 Å². The average Bonchev–Trinajstić information content (AvgIpc) is 3.18. The Morgan fingerprint density at radius 3 is 2.59 bits per heavy atom. The van der Waals surface area contributed by atoms with E-state index in [2.05, 4.69) is 46.8 Å². The van der Waals surface area contributed by atoms with E-state index in [9.17, 15) is 10.1 Å². The van der Waals surface area contributed by atoms with Gasteiger partial charge in [-0.05, 0) is 61.2 Å². The van der Waals surface area contributed by atoms with Crippen molar-refractivity contribution in [2.45, 2.75) is 32.7 Å². The number of hydrogen-bond acceptors (Lipinski definition) is 5. The predicted molar refractivity (Wildman–Crippen MR) is 132 cm³/mol. The van der Waals surface area contributed by atoms with E-state index in [1.54, 1.807) is 19.4 Å². The van der Waals surface area contributed by atoms with Gasteiger partial charge in [-0.25, -0.2) is 9.78 Å². The third-order valence-corrected chi connectivity index (χ3v) is 6.04. The number of rotatable bonds is 8. The number of aromatic nitrogens is 2. The Labute approximate surface area is 199 Å². The molecule has 0 amide bonds. The zero-order valence-corrected chi connectivity index (χ0v) is 19.7. The van der Waals surface area contributed by atoms with E-state index in [0.29, 0.717) is 24.4 Å². The maximum absolute atomic E-state index is 12.3. The number of fused-ring (bicyclic) bond motifs is 1. The van der Waals surface area contributed by atoms with Crippen molar-refractivity contribution in [2.24, 2.45) is 0 Å². The molecule has 0 saturated carbocycles. The van der Waals surface area contributed by atoms with Gasteiger partial charge >= 0.3 is 5.97 Å². The number of esters is 1. The molecule has 0 fully saturated rings. The van der Waals surface area contributed by atoms with E-state index in [-0.39, 0.29) is 5.97 Å². The Kier molecular flexibility index (Phi) is 6.93. The lowest BCUT2D eigenvalue weighted by molar-refractivity contribution is 0.0601. The topological polar surface area (TPSA) is 77.1 Å². The average molecular weight is 454 g/mol. The highest BCUT2D eigenvalue weighted by molar-refractivity contribution is 5.99. The molecule has 4 rings (SSSR count). The molecule has 0 spiro atoms. The van der Waals surface area contributed by atoms with Crippen molar-refractivity contribution < 1.29 is 14.3 Å². The standard InChI is InChI=1S/C28H27N3O3/c1-19-7-9-20(10-8-19)11-13-22-24-18-21(28(32)34-3)12-14-25(24)31(17-5-15-29)26(22)23-6-4-16-30-27(23)33-2/h4,6-10,12,14,16,18H,5,11,13,17H2,1-3H3. The van der Waals surface area contributed by atoms with Gasteiger partial charge in [-0.1, -0.05) is 29.8 Å². The van der Waals surface area contributed by atoms with Crippen LogP contribution in [0.5, 0.6) is 5.88 Å². The molecule has 2 aromatic carbocycles. The number of carbonyl (C=O) groups is 1. The van der Waals surface area contributed by atoms with Crippen LogP contribution < -0.4 is 4.74 Å². The third-order valence-electron chi connectivity index (χ3n) is 6.04. The van der Waals surface area contributed by atoms with E-state index in [0.717, 1.165) is 40.6 Å². The molecule has 34 heavy (non-hydrogen) atoms. The largest absolute Gasteiger partial charge is 0.481 e. The SMILES string of the molecule is COC(=O)c1ccc2c(c1)c(CCc1ccc(C)cc1)c(-c1cccnc1OC)n2CCC#N. The Morgan fingerprint density at radius 1 is 1.09 bits per heavy atom. The van der Waals surface area contributed by atoms with Crippen LogP contribution in [0.4, 0.5) is 0 Å². The van der Waals surface area contributed by atoms with Gasteiger partial charge in [0, 0.05) is 23.6 Å². The zero-order chi connectivity index (χ0) is 24.1. The Morgan fingerprint density at radius 2 is 1.88 bits per heavy atom. The first-order chi connectivity index (χ1) is 16.6. The molecule has 172 valence electrons. The summed E-state index contributed by atoms with van der Waals surface area (Å²) in [5, 5.41) is 10.3. The minimum Gasteiger partial charge on any atom is -0.481 e. The number of nitriles is 1. The summed E-state index contributed by atoms with van der Waals surface area (Å²) in [5.41, 5.74) is 6.82. The predicted octanol–water partition coefficient (Wildman–Crippen LogP) is 5.51. The Bertz CT molecular complexity index is 1360. The van der Waals surface area contributed by atoms with E-state index in [4.69, 9.17) is 9.47 Å². The number of carbonyl (C=O) groups excluding carboxylic acids is 1. The lowest BCUT2D eigenvalue weighted by atomic mass is 9.97. The summed E-state index contributed by atoms with van der Waals surface area (Å²) in [5.74, 6) is 0.143. The normalized spacial score (nSPS) is 10.8. The minimum atomic E-state index is -0.378. The van der Waals surface area contributed by atoms with Crippen LogP contribution in [0.3, 0.4) is 0 Å². The van der Waals surface area contributed by atoms with Crippen LogP contribution in [0.1, 0.15) is 33.5 Å². The number of methoxy groups -OCH3 is 2. The summed E-state index contributed by atoms with van der Waals surface area (Å²) in [7, 11) is 2.99. The molecule has 0 radical (unpaired) electrons. The molecule has 6 heteroatoms. The first kappa shape index (κ1) is 23.1. The quantitative estimate of drug-likeness (QED) is 0.329. The monoisotopic (exact) mass is 453 g/mol. The molecule has 0 unspecified atom stereocenters. The van der Waals surface area contributed by atoms with E-state index in [1.807, 2.05) is 24.3 Å². The van der Waals surface area contributed by atoms with Gasteiger partial charge in [-0.3, -0.25) is 0 Å². The first-order valence-electron chi connectivity index (χ1n) is 11.2. The first-order valence-corrected chi connectivity index (χ1v) is 11.2. The van der Waals surface area contributed by atoms with Gasteiger partial charge in [0.25, 0.3) is 0 Å². The minimum absolute atomic E-state index is 0.357. The van der Waals surface area contributed by atoms with Crippen LogP contribution in [0, 0.1) is 18.3 Å². The summed E-state index contributed by atoms with van der Waals surface area (Å²) < 4.78 is 12.7. The summed E-state index contributed by atoms with van der Waals surface area (Å²) in [6.45, 7) is 2.59. The van der Waals surface area contributed by atoms with Crippen LogP contribution in [0.2, 0.25) is 0 Å². The zero-order valence-electron chi connectivity index (χ0n) is 19.7. The fraction of sp³-hybridized carbons (Fsp3) is 0.250.